The smallest absolute Gasteiger partial charge is 0.0466 e. The van der Waals surface area contributed by atoms with E-state index in [1.165, 1.54) is 173 Å². The van der Waals surface area contributed by atoms with Gasteiger partial charge in [-0.3, -0.25) is 0 Å². The van der Waals surface area contributed by atoms with Crippen molar-refractivity contribution in [1.29, 1.82) is 0 Å². The van der Waals surface area contributed by atoms with Gasteiger partial charge in [-0.05, 0) is 146 Å². The van der Waals surface area contributed by atoms with Crippen LogP contribution >= 0.6 is 0 Å². The van der Waals surface area contributed by atoms with E-state index in [2.05, 4.69) is 123 Å². The van der Waals surface area contributed by atoms with E-state index in [4.69, 9.17) is 4.74 Å². The Kier molecular flexibility index (Phi) is 17.0. The van der Waals surface area contributed by atoms with Gasteiger partial charge < -0.3 is 4.74 Å². The van der Waals surface area contributed by atoms with Gasteiger partial charge in [-0.1, -0.05) is 173 Å². The molecule has 1 nitrogen and oxygen atoms in total. The van der Waals surface area contributed by atoms with Gasteiger partial charge in [-0.2, -0.15) is 0 Å². The summed E-state index contributed by atoms with van der Waals surface area (Å²) in [5, 5.41) is 0. The van der Waals surface area contributed by atoms with Crippen LogP contribution < -0.4 is 0 Å². The lowest BCUT2D eigenvalue weighted by molar-refractivity contribution is 0.125. The van der Waals surface area contributed by atoms with E-state index >= 15 is 0 Å². The fourth-order valence-corrected chi connectivity index (χ4v) is 8.96. The van der Waals surface area contributed by atoms with E-state index in [9.17, 15) is 0 Å². The molecule has 2 aliphatic carbocycles. The summed E-state index contributed by atoms with van der Waals surface area (Å²) < 4.78 is 6.00. The molecule has 0 saturated carbocycles. The average Bonchev–Trinajstić information content (AvgIpc) is 3.24. The largest absolute Gasteiger partial charge is 0.381 e. The van der Waals surface area contributed by atoms with E-state index in [-0.39, 0.29) is 0 Å². The van der Waals surface area contributed by atoms with Crippen LogP contribution in [0.1, 0.15) is 164 Å². The standard InChI is InChI=1S/C54H70O/c1-3-13-43-17-25-47(26-18-43)51-33-37-53(38-34-51)49-29-21-45(22-30-49)15-9-5-7-11-41-55-42-12-8-6-10-16-46-23-31-50(32-24-46)54-39-35-52(36-40-54)48-27-19-44(14-4-2)20-28-48/h17-21,23,25-28,33-40,49-50H,3-16,22,24,29-32,41-42H2,1-2H3. The molecule has 2 aliphatic rings. The Balaban J connectivity index is 0.744. The third-order valence-corrected chi connectivity index (χ3v) is 12.5. The Hall–Kier alpha value is -3.68. The molecule has 0 heterocycles. The topological polar surface area (TPSA) is 9.23 Å². The highest BCUT2D eigenvalue weighted by atomic mass is 16.5. The minimum Gasteiger partial charge on any atom is -0.381 e. The first-order valence-corrected chi connectivity index (χ1v) is 22.5. The average molecular weight is 735 g/mol. The molecule has 0 aromatic heterocycles. The van der Waals surface area contributed by atoms with Crippen LogP contribution in [0.5, 0.6) is 0 Å². The predicted molar refractivity (Wildman–Crippen MR) is 238 cm³/mol. The highest BCUT2D eigenvalue weighted by Gasteiger charge is 2.18. The number of hydrogen-bond donors (Lipinski definition) is 0. The van der Waals surface area contributed by atoms with Gasteiger partial charge in [-0.25, -0.2) is 0 Å². The summed E-state index contributed by atoms with van der Waals surface area (Å²) in [5.41, 5.74) is 14.6. The minimum absolute atomic E-state index is 0.680. The van der Waals surface area contributed by atoms with Crippen molar-refractivity contribution < 1.29 is 4.74 Å². The summed E-state index contributed by atoms with van der Waals surface area (Å²) >= 11 is 0. The summed E-state index contributed by atoms with van der Waals surface area (Å²) in [5.74, 6) is 1.36. The molecule has 0 radical (unpaired) electrons. The molecule has 6 rings (SSSR count). The van der Waals surface area contributed by atoms with Crippen molar-refractivity contribution in [2.24, 2.45) is 0 Å². The van der Waals surface area contributed by atoms with E-state index < -0.39 is 0 Å². The fourth-order valence-electron chi connectivity index (χ4n) is 8.96. The Labute approximate surface area is 335 Å². The maximum atomic E-state index is 6.00. The summed E-state index contributed by atoms with van der Waals surface area (Å²) in [6, 6.07) is 37.1. The van der Waals surface area contributed by atoms with Gasteiger partial charge in [-0.15, -0.1) is 0 Å². The molecule has 0 saturated heterocycles. The summed E-state index contributed by atoms with van der Waals surface area (Å²) in [7, 11) is 0. The number of hydrogen-bond acceptors (Lipinski definition) is 1. The highest BCUT2D eigenvalue weighted by Crippen LogP contribution is 2.36. The van der Waals surface area contributed by atoms with Crippen molar-refractivity contribution in [3.63, 3.8) is 0 Å². The van der Waals surface area contributed by atoms with Crippen molar-refractivity contribution in [1.82, 2.24) is 0 Å². The SMILES string of the molecule is CCCc1ccc(-c2ccc(C3CC=C(CCCCCCOCCCCCCC4=CCC(c5ccc(-c6ccc(CCC)cc6)cc5)CC4)CC3)cc2)cc1. The molecule has 2 unspecified atom stereocenters. The van der Waals surface area contributed by atoms with Crippen LogP contribution in [0.15, 0.2) is 120 Å². The first kappa shape index (κ1) is 41.0. The molecular weight excluding hydrogens is 665 g/mol. The van der Waals surface area contributed by atoms with Crippen LogP contribution in [0.4, 0.5) is 0 Å². The van der Waals surface area contributed by atoms with Crippen LogP contribution in [0, 0.1) is 0 Å². The molecule has 0 amide bonds. The lowest BCUT2D eigenvalue weighted by atomic mass is 9.83. The van der Waals surface area contributed by atoms with Gasteiger partial charge in [0.25, 0.3) is 0 Å². The molecule has 4 aromatic carbocycles. The molecule has 2 atom stereocenters. The third kappa shape index (κ3) is 13.2. The summed E-state index contributed by atoms with van der Waals surface area (Å²) in [6.45, 7) is 6.37. The second-order valence-electron chi connectivity index (χ2n) is 16.7. The Morgan fingerprint density at radius 2 is 0.782 bits per heavy atom. The van der Waals surface area contributed by atoms with Gasteiger partial charge in [0.05, 0.1) is 0 Å². The molecule has 0 N–H and O–H groups in total. The van der Waals surface area contributed by atoms with E-state index in [0.29, 0.717) is 11.8 Å². The Morgan fingerprint density at radius 3 is 1.13 bits per heavy atom. The number of allylic oxidation sites excluding steroid dienone is 4. The zero-order valence-electron chi connectivity index (χ0n) is 34.5. The quantitative estimate of drug-likeness (QED) is 0.0577. The number of benzene rings is 4. The molecule has 292 valence electrons. The predicted octanol–water partition coefficient (Wildman–Crippen LogP) is 15.9. The fraction of sp³-hybridized carbons (Fsp3) is 0.481. The molecular formula is C54H70O. The van der Waals surface area contributed by atoms with Gasteiger partial charge in [0.2, 0.25) is 0 Å². The number of ether oxygens (including phenoxy) is 1. The van der Waals surface area contributed by atoms with Crippen LogP contribution in [-0.4, -0.2) is 13.2 Å². The zero-order chi connectivity index (χ0) is 37.9. The van der Waals surface area contributed by atoms with Gasteiger partial charge in [0.15, 0.2) is 0 Å². The van der Waals surface area contributed by atoms with E-state index in [1.54, 1.807) is 11.1 Å². The summed E-state index contributed by atoms with van der Waals surface area (Å²) in [4.78, 5) is 0. The van der Waals surface area contributed by atoms with Gasteiger partial charge in [0, 0.05) is 13.2 Å². The second-order valence-corrected chi connectivity index (χ2v) is 16.7. The van der Waals surface area contributed by atoms with E-state index in [0.717, 1.165) is 13.2 Å². The van der Waals surface area contributed by atoms with E-state index in [1.807, 2.05) is 0 Å². The Morgan fingerprint density at radius 1 is 0.418 bits per heavy atom. The van der Waals surface area contributed by atoms with Crippen molar-refractivity contribution >= 4 is 0 Å². The van der Waals surface area contributed by atoms with Crippen LogP contribution in [0.3, 0.4) is 0 Å². The zero-order valence-corrected chi connectivity index (χ0v) is 34.5. The number of aryl methyl sites for hydroxylation is 2. The van der Waals surface area contributed by atoms with Crippen LogP contribution in [-0.2, 0) is 17.6 Å². The summed E-state index contributed by atoms with van der Waals surface area (Å²) in [6.07, 6.45) is 30.4. The number of rotatable bonds is 22. The lowest BCUT2D eigenvalue weighted by Crippen LogP contribution is -2.04. The highest BCUT2D eigenvalue weighted by molar-refractivity contribution is 5.65. The van der Waals surface area contributed by atoms with Crippen molar-refractivity contribution in [2.45, 2.75) is 154 Å². The van der Waals surface area contributed by atoms with Crippen molar-refractivity contribution in [2.75, 3.05) is 13.2 Å². The van der Waals surface area contributed by atoms with Gasteiger partial charge >= 0.3 is 0 Å². The Bertz CT molecular complexity index is 1590. The molecule has 0 bridgehead atoms. The maximum Gasteiger partial charge on any atom is 0.0466 e. The number of unbranched alkanes of at least 4 members (excludes halogenated alkanes) is 6. The maximum absolute atomic E-state index is 6.00. The monoisotopic (exact) mass is 735 g/mol. The molecule has 1 heteroatoms. The van der Waals surface area contributed by atoms with Crippen LogP contribution in [0.25, 0.3) is 22.3 Å². The second kappa shape index (κ2) is 22.8. The van der Waals surface area contributed by atoms with Crippen LogP contribution in [0.2, 0.25) is 0 Å². The molecule has 4 aromatic rings. The minimum atomic E-state index is 0.680. The molecule has 55 heavy (non-hydrogen) atoms. The third-order valence-electron chi connectivity index (χ3n) is 12.5. The van der Waals surface area contributed by atoms with Gasteiger partial charge in [0.1, 0.15) is 0 Å². The van der Waals surface area contributed by atoms with Crippen molar-refractivity contribution in [3.05, 3.63) is 143 Å². The molecule has 0 aliphatic heterocycles. The molecule has 0 spiro atoms. The first-order valence-electron chi connectivity index (χ1n) is 22.5. The normalized spacial score (nSPS) is 17.2. The molecule has 0 fully saturated rings. The van der Waals surface area contributed by atoms with Crippen molar-refractivity contribution in [3.8, 4) is 22.3 Å². The first-order chi connectivity index (χ1) is 27.2. The lowest BCUT2D eigenvalue weighted by Gasteiger charge is -2.23.